The number of hydrogen-bond donors (Lipinski definition) is 1. The van der Waals surface area contributed by atoms with Crippen LogP contribution in [0, 0.1) is 5.92 Å². The summed E-state index contributed by atoms with van der Waals surface area (Å²) in [6.45, 7) is 11.0. The van der Waals surface area contributed by atoms with Crippen molar-refractivity contribution in [3.8, 4) is 0 Å². The number of carbonyl (C=O) groups excluding carboxylic acids is 1. The quantitative estimate of drug-likeness (QED) is 0.742. The second-order valence-electron chi connectivity index (χ2n) is 4.75. The summed E-state index contributed by atoms with van der Waals surface area (Å²) in [6, 6.07) is 8.30. The number of nitrogens with zero attached hydrogens (tertiary/aromatic N) is 1. The van der Waals surface area contributed by atoms with Crippen molar-refractivity contribution in [2.75, 3.05) is 36.5 Å². The third kappa shape index (κ3) is 4.76. The molecule has 0 aliphatic carbocycles. The maximum Gasteiger partial charge on any atom is 0.310 e. The van der Waals surface area contributed by atoms with Crippen molar-refractivity contribution in [3.63, 3.8) is 0 Å². The lowest BCUT2D eigenvalue weighted by Gasteiger charge is -2.21. The number of rotatable bonds is 8. The van der Waals surface area contributed by atoms with Crippen LogP contribution in [-0.2, 0) is 9.53 Å². The zero-order valence-electron chi connectivity index (χ0n) is 13.0. The number of benzene rings is 1. The molecule has 1 unspecified atom stereocenters. The van der Waals surface area contributed by atoms with E-state index < -0.39 is 0 Å². The number of nitrogens with one attached hydrogen (secondary N) is 1. The molecular weight excluding hydrogens is 252 g/mol. The van der Waals surface area contributed by atoms with Crippen LogP contribution in [0.1, 0.15) is 27.7 Å². The van der Waals surface area contributed by atoms with Crippen molar-refractivity contribution >= 4 is 17.3 Å². The van der Waals surface area contributed by atoms with Gasteiger partial charge in [-0.05, 0) is 45.0 Å². The van der Waals surface area contributed by atoms with Crippen LogP contribution in [-0.4, -0.2) is 32.2 Å². The predicted molar refractivity (Wildman–Crippen MR) is 84.3 cm³/mol. The highest BCUT2D eigenvalue weighted by molar-refractivity contribution is 5.72. The summed E-state index contributed by atoms with van der Waals surface area (Å²) in [5.41, 5.74) is 2.25. The highest BCUT2D eigenvalue weighted by atomic mass is 16.5. The van der Waals surface area contributed by atoms with Gasteiger partial charge in [-0.3, -0.25) is 4.79 Å². The lowest BCUT2D eigenvalue weighted by atomic mass is 10.2. The zero-order chi connectivity index (χ0) is 15.0. The number of anilines is 2. The highest BCUT2D eigenvalue weighted by Gasteiger charge is 2.13. The first-order valence-electron chi connectivity index (χ1n) is 7.37. The molecule has 112 valence electrons. The number of esters is 1. The Morgan fingerprint density at radius 2 is 1.80 bits per heavy atom. The van der Waals surface area contributed by atoms with Gasteiger partial charge in [0.2, 0.25) is 0 Å². The van der Waals surface area contributed by atoms with Crippen molar-refractivity contribution in [3.05, 3.63) is 24.3 Å². The van der Waals surface area contributed by atoms with Crippen molar-refractivity contribution in [2.24, 2.45) is 5.92 Å². The van der Waals surface area contributed by atoms with Gasteiger partial charge < -0.3 is 15.0 Å². The molecule has 20 heavy (non-hydrogen) atoms. The standard InChI is InChI=1S/C16H26N2O2/c1-5-18(6-2)15-10-8-14(9-11-15)17-12-13(4)16(19)20-7-3/h8-11,13,17H,5-7,12H2,1-4H3. The SMILES string of the molecule is CCOC(=O)C(C)CNc1ccc(N(CC)CC)cc1. The van der Waals surface area contributed by atoms with Crippen LogP contribution in [0.25, 0.3) is 0 Å². The van der Waals surface area contributed by atoms with Gasteiger partial charge in [0.05, 0.1) is 12.5 Å². The molecule has 4 heteroatoms. The van der Waals surface area contributed by atoms with Crippen LogP contribution < -0.4 is 10.2 Å². The smallest absolute Gasteiger partial charge is 0.310 e. The van der Waals surface area contributed by atoms with Crippen molar-refractivity contribution in [1.82, 2.24) is 0 Å². The van der Waals surface area contributed by atoms with E-state index in [4.69, 9.17) is 4.74 Å². The molecule has 0 amide bonds. The first kappa shape index (κ1) is 16.3. The molecule has 0 spiro atoms. The average Bonchev–Trinajstić information content (AvgIpc) is 2.47. The molecule has 0 saturated heterocycles. The molecule has 0 radical (unpaired) electrons. The van der Waals surface area contributed by atoms with Gasteiger partial charge >= 0.3 is 5.97 Å². The van der Waals surface area contributed by atoms with Gasteiger partial charge in [0, 0.05) is 31.0 Å². The van der Waals surface area contributed by atoms with Gasteiger partial charge in [0.15, 0.2) is 0 Å². The Morgan fingerprint density at radius 1 is 1.20 bits per heavy atom. The van der Waals surface area contributed by atoms with Crippen LogP contribution in [0.15, 0.2) is 24.3 Å². The van der Waals surface area contributed by atoms with Gasteiger partial charge in [-0.15, -0.1) is 0 Å². The van der Waals surface area contributed by atoms with E-state index in [1.54, 1.807) is 0 Å². The molecule has 1 rings (SSSR count). The van der Waals surface area contributed by atoms with E-state index in [2.05, 4.69) is 36.2 Å². The molecule has 1 aromatic carbocycles. The Balaban J connectivity index is 2.51. The lowest BCUT2D eigenvalue weighted by Crippen LogP contribution is -2.23. The molecule has 0 aliphatic heterocycles. The van der Waals surface area contributed by atoms with Crippen LogP contribution >= 0.6 is 0 Å². The topological polar surface area (TPSA) is 41.6 Å². The zero-order valence-corrected chi connectivity index (χ0v) is 13.0. The Bertz CT molecular complexity index is 399. The summed E-state index contributed by atoms with van der Waals surface area (Å²) >= 11 is 0. The maximum absolute atomic E-state index is 11.5. The molecular formula is C16H26N2O2. The minimum atomic E-state index is -0.153. The predicted octanol–water partition coefficient (Wildman–Crippen LogP) is 3.14. The van der Waals surface area contributed by atoms with E-state index in [1.807, 2.05) is 26.0 Å². The maximum atomic E-state index is 11.5. The molecule has 1 atom stereocenters. The van der Waals surface area contributed by atoms with E-state index in [-0.39, 0.29) is 11.9 Å². The largest absolute Gasteiger partial charge is 0.466 e. The van der Waals surface area contributed by atoms with Crippen LogP contribution in [0.4, 0.5) is 11.4 Å². The van der Waals surface area contributed by atoms with Crippen LogP contribution in [0.3, 0.4) is 0 Å². The van der Waals surface area contributed by atoms with E-state index >= 15 is 0 Å². The van der Waals surface area contributed by atoms with Crippen LogP contribution in [0.2, 0.25) is 0 Å². The summed E-state index contributed by atoms with van der Waals surface area (Å²) in [6.07, 6.45) is 0. The van der Waals surface area contributed by atoms with Gasteiger partial charge in [0.1, 0.15) is 0 Å². The molecule has 1 aromatic rings. The fourth-order valence-electron chi connectivity index (χ4n) is 2.02. The Morgan fingerprint density at radius 3 is 2.30 bits per heavy atom. The second kappa shape index (κ2) is 8.46. The second-order valence-corrected chi connectivity index (χ2v) is 4.75. The summed E-state index contributed by atoms with van der Waals surface area (Å²) in [4.78, 5) is 13.8. The normalized spacial score (nSPS) is 11.8. The number of hydrogen-bond acceptors (Lipinski definition) is 4. The molecule has 0 heterocycles. The summed E-state index contributed by atoms with van der Waals surface area (Å²) in [5, 5.41) is 3.27. The fourth-order valence-corrected chi connectivity index (χ4v) is 2.02. The number of carbonyl (C=O) groups is 1. The molecule has 4 nitrogen and oxygen atoms in total. The van der Waals surface area contributed by atoms with Gasteiger partial charge in [-0.25, -0.2) is 0 Å². The first-order chi connectivity index (χ1) is 9.62. The minimum absolute atomic E-state index is 0.141. The minimum Gasteiger partial charge on any atom is -0.466 e. The number of ether oxygens (including phenoxy) is 1. The van der Waals surface area contributed by atoms with E-state index in [0.717, 1.165) is 18.8 Å². The molecule has 0 aromatic heterocycles. The van der Waals surface area contributed by atoms with Gasteiger partial charge in [-0.1, -0.05) is 6.92 Å². The third-order valence-electron chi connectivity index (χ3n) is 3.30. The molecule has 0 fully saturated rings. The van der Waals surface area contributed by atoms with E-state index in [0.29, 0.717) is 13.2 Å². The molecule has 1 N–H and O–H groups in total. The van der Waals surface area contributed by atoms with Crippen molar-refractivity contribution in [2.45, 2.75) is 27.7 Å². The molecule has 0 aliphatic rings. The summed E-state index contributed by atoms with van der Waals surface area (Å²) < 4.78 is 4.99. The van der Waals surface area contributed by atoms with E-state index in [9.17, 15) is 4.79 Å². The Hall–Kier alpha value is -1.71. The van der Waals surface area contributed by atoms with Gasteiger partial charge in [-0.2, -0.15) is 0 Å². The molecule has 0 saturated carbocycles. The van der Waals surface area contributed by atoms with Crippen molar-refractivity contribution < 1.29 is 9.53 Å². The lowest BCUT2D eigenvalue weighted by molar-refractivity contribution is -0.146. The average molecular weight is 278 g/mol. The fraction of sp³-hybridized carbons (Fsp3) is 0.562. The summed E-state index contributed by atoms with van der Waals surface area (Å²) in [5.74, 6) is -0.294. The van der Waals surface area contributed by atoms with Gasteiger partial charge in [0.25, 0.3) is 0 Å². The first-order valence-corrected chi connectivity index (χ1v) is 7.37. The Labute approximate surface area is 122 Å². The monoisotopic (exact) mass is 278 g/mol. The molecule has 0 bridgehead atoms. The highest BCUT2D eigenvalue weighted by Crippen LogP contribution is 2.18. The Kier molecular flexibility index (Phi) is 6.91. The van der Waals surface area contributed by atoms with Crippen molar-refractivity contribution in [1.29, 1.82) is 0 Å². The third-order valence-corrected chi connectivity index (χ3v) is 3.30. The van der Waals surface area contributed by atoms with E-state index in [1.165, 1.54) is 5.69 Å². The summed E-state index contributed by atoms with van der Waals surface area (Å²) in [7, 11) is 0. The van der Waals surface area contributed by atoms with Crippen LogP contribution in [0.5, 0.6) is 0 Å².